The molecule has 11 heteroatoms. The number of phenols is 1. The van der Waals surface area contributed by atoms with Gasteiger partial charge in [-0.2, -0.15) is 8.42 Å². The molecule has 218 valence electrons. The van der Waals surface area contributed by atoms with Gasteiger partial charge in [0.25, 0.3) is 0 Å². The molecule has 0 radical (unpaired) electrons. The van der Waals surface area contributed by atoms with Crippen LogP contribution in [0.3, 0.4) is 0 Å². The Kier molecular flexibility index (Phi) is 9.71. The van der Waals surface area contributed by atoms with Crippen LogP contribution in [0.15, 0.2) is 77.3 Å². The van der Waals surface area contributed by atoms with Gasteiger partial charge in [-0.15, -0.1) is 0 Å². The van der Waals surface area contributed by atoms with Gasteiger partial charge in [-0.1, -0.05) is 24.3 Å². The Morgan fingerprint density at radius 3 is 2.43 bits per heavy atom. The first kappa shape index (κ1) is 30.3. The van der Waals surface area contributed by atoms with Crippen molar-refractivity contribution in [2.75, 3.05) is 5.32 Å². The number of hydrogen-bond acceptors (Lipinski definition) is 7. The molecule has 1 amide bonds. The van der Waals surface area contributed by atoms with E-state index in [0.717, 1.165) is 46.9 Å². The van der Waals surface area contributed by atoms with Gasteiger partial charge in [-0.05, 0) is 51.3 Å². The molecule has 2 aliphatic heterocycles. The van der Waals surface area contributed by atoms with E-state index in [1.54, 1.807) is 60.7 Å². The number of rotatable bonds is 12. The molecule has 2 N–H and O–H groups in total. The van der Waals surface area contributed by atoms with E-state index in [0.29, 0.717) is 16.6 Å². The van der Waals surface area contributed by atoms with Crippen LogP contribution in [-0.2, 0) is 19.6 Å². The second-order valence-corrected chi connectivity index (χ2v) is 14.5. The fourth-order valence-electron chi connectivity index (χ4n) is 5.33. The molecule has 3 aromatic rings. The first-order chi connectivity index (χ1) is 20.3. The molecule has 1 fully saturated rings. The van der Waals surface area contributed by atoms with Gasteiger partial charge in [0.1, 0.15) is 17.1 Å². The molecule has 5 rings (SSSR count). The van der Waals surface area contributed by atoms with Crippen LogP contribution in [-0.4, -0.2) is 51.8 Å². The quantitative estimate of drug-likeness (QED) is 0.132. The predicted molar refractivity (Wildman–Crippen MR) is 165 cm³/mol. The summed E-state index contributed by atoms with van der Waals surface area (Å²) in [7, 11) is -4.06. The molecule has 0 spiro atoms. The number of amides is 1. The van der Waals surface area contributed by atoms with Gasteiger partial charge in [0, 0.05) is 6.42 Å². The van der Waals surface area contributed by atoms with E-state index in [9.17, 15) is 18.3 Å². The Morgan fingerprint density at radius 1 is 1.02 bits per heavy atom. The number of carbonyl (C=O) groups is 1. The van der Waals surface area contributed by atoms with Crippen molar-refractivity contribution in [1.82, 2.24) is 0 Å². The number of benzene rings is 3. The maximum absolute atomic E-state index is 13.5. The molecule has 0 aliphatic carbocycles. The fourth-order valence-corrected chi connectivity index (χ4v) is 8.16. The topological polar surface area (TPSA) is 126 Å². The molecular weight excluding hydrogens is 687 g/mol. The van der Waals surface area contributed by atoms with Crippen LogP contribution < -0.4 is 9.50 Å². The summed E-state index contributed by atoms with van der Waals surface area (Å²) >= 11 is 3.38. The van der Waals surface area contributed by atoms with Gasteiger partial charge >= 0.3 is 123 Å². The first-order valence-corrected chi connectivity index (χ1v) is 17.9. The van der Waals surface area contributed by atoms with Crippen molar-refractivity contribution in [2.24, 2.45) is 0 Å². The zero-order chi connectivity index (χ0) is 29.7. The van der Waals surface area contributed by atoms with Crippen molar-refractivity contribution in [1.29, 1.82) is 5.26 Å². The molecule has 3 aromatic carbocycles. The molecule has 42 heavy (non-hydrogen) atoms. The van der Waals surface area contributed by atoms with Crippen molar-refractivity contribution in [3.63, 3.8) is 0 Å². The second-order valence-electron chi connectivity index (χ2n) is 10.1. The number of phenolic OH excluding ortho intramolecular Hbond substituents is 1. The van der Waals surface area contributed by atoms with Gasteiger partial charge < -0.3 is 14.0 Å². The summed E-state index contributed by atoms with van der Waals surface area (Å²) in [6.45, 7) is 0. The molecule has 3 unspecified atom stereocenters. The average molecular weight is 717 g/mol. The number of unbranched alkanes of at least 4 members (excludes halogenated alkanes) is 2. The third-order valence-electron chi connectivity index (χ3n) is 7.28. The Hall–Kier alpha value is -3.13. The fraction of sp³-hybridized carbons (Fsp3) is 0.290. The Morgan fingerprint density at radius 2 is 1.71 bits per heavy atom. The molecule has 2 heterocycles. The summed E-state index contributed by atoms with van der Waals surface area (Å²) in [6, 6.07) is 20.9. The van der Waals surface area contributed by atoms with Crippen LogP contribution in [0.2, 0.25) is 5.32 Å². The van der Waals surface area contributed by atoms with E-state index in [2.05, 4.69) is 26.2 Å². The number of aromatic hydroxyl groups is 1. The number of hydrogen-bond donors (Lipinski definition) is 2. The summed E-state index contributed by atoms with van der Waals surface area (Å²) in [4.78, 5) is 14.6. The van der Waals surface area contributed by atoms with Crippen LogP contribution in [0, 0.1) is 10.2 Å². The first-order valence-electron chi connectivity index (χ1n) is 13.5. The molecule has 2 bridgehead atoms. The molecule has 3 atom stereocenters. The molecule has 0 aromatic heterocycles. The van der Waals surface area contributed by atoms with E-state index in [-0.39, 0.29) is 38.8 Å². The van der Waals surface area contributed by atoms with Crippen LogP contribution in [0.25, 0.3) is 11.1 Å². The SMILES string of the molecule is N#C[Se]CCCCCC(=O)Nc1ccc(C2=C(c3ccc(O)cc3)C3CC(S(=O)(=O)Oc4ccccc4Br)C2O3)cc1. The number of carbonyl (C=O) groups excluding carboxylic acids is 1. The Balaban J connectivity index is 1.37. The van der Waals surface area contributed by atoms with Gasteiger partial charge in [-0.25, -0.2) is 0 Å². The van der Waals surface area contributed by atoms with Gasteiger partial charge in [0.2, 0.25) is 0 Å². The molecular formula is C31H29BrN2O6SSe. The minimum absolute atomic E-state index is 0.0295. The predicted octanol–water partition coefficient (Wildman–Crippen LogP) is 6.12. The second kappa shape index (κ2) is 13.4. The van der Waals surface area contributed by atoms with E-state index in [1.165, 1.54) is 0 Å². The number of anilines is 1. The third-order valence-corrected chi connectivity index (χ3v) is 10.8. The number of nitrogens with one attached hydrogen (secondary N) is 1. The van der Waals surface area contributed by atoms with Crippen molar-refractivity contribution >= 4 is 63.7 Å². The summed E-state index contributed by atoms with van der Waals surface area (Å²) in [5.74, 6) is 0.277. The summed E-state index contributed by atoms with van der Waals surface area (Å²) < 4.78 is 39.4. The standard InChI is InChI=1S/C31H29BrN2O6SSe/c32-24-6-3-4-7-25(24)40-41(37,38)27-18-26-29(20-11-15-23(35)16-12-20)30(31(27)39-26)21-9-13-22(14-10-21)34-28(36)8-2-1-5-17-42-19-33/h3-4,6-7,9-16,26-27,31,35H,1-2,5,8,17-18H2,(H,34,36). The van der Waals surface area contributed by atoms with Crippen LogP contribution in [0.5, 0.6) is 11.5 Å². The number of para-hydroxylation sites is 1. The van der Waals surface area contributed by atoms with Crippen molar-refractivity contribution < 1.29 is 27.2 Å². The average Bonchev–Trinajstić information content (AvgIpc) is 3.57. The van der Waals surface area contributed by atoms with Crippen molar-refractivity contribution in [2.45, 2.75) is 54.9 Å². The zero-order valence-electron chi connectivity index (χ0n) is 22.5. The Labute approximate surface area is 260 Å². The van der Waals surface area contributed by atoms with E-state index in [1.807, 2.05) is 12.1 Å². The van der Waals surface area contributed by atoms with E-state index >= 15 is 0 Å². The molecule has 2 aliphatic rings. The number of nitrogens with zero attached hydrogens (tertiary/aromatic N) is 1. The van der Waals surface area contributed by atoms with Gasteiger partial charge in [-0.3, -0.25) is 0 Å². The van der Waals surface area contributed by atoms with Crippen LogP contribution >= 0.6 is 15.9 Å². The summed E-state index contributed by atoms with van der Waals surface area (Å²) in [5.41, 5.74) is 3.89. The number of fused-ring (bicyclic) bond motifs is 2. The van der Waals surface area contributed by atoms with Crippen LogP contribution in [0.1, 0.15) is 43.2 Å². The molecule has 0 saturated carbocycles. The summed E-state index contributed by atoms with van der Waals surface area (Å²) in [5, 5.41) is 21.4. The van der Waals surface area contributed by atoms with E-state index in [4.69, 9.17) is 14.2 Å². The third kappa shape index (κ3) is 6.91. The van der Waals surface area contributed by atoms with E-state index < -0.39 is 27.6 Å². The molecule has 8 nitrogen and oxygen atoms in total. The zero-order valence-corrected chi connectivity index (χ0v) is 26.6. The van der Waals surface area contributed by atoms with Gasteiger partial charge in [0.05, 0.1) is 10.6 Å². The van der Waals surface area contributed by atoms with Gasteiger partial charge in [0.15, 0.2) is 5.75 Å². The van der Waals surface area contributed by atoms with Crippen molar-refractivity contribution in [3.8, 4) is 16.5 Å². The molecule has 1 saturated heterocycles. The number of halogens is 1. The normalized spacial score (nSPS) is 19.5. The Bertz CT molecular complexity index is 1620. The number of nitriles is 1. The monoisotopic (exact) mass is 716 g/mol. The maximum atomic E-state index is 13.5. The van der Waals surface area contributed by atoms with Crippen molar-refractivity contribution in [3.05, 3.63) is 88.4 Å². The van der Waals surface area contributed by atoms with Crippen LogP contribution in [0.4, 0.5) is 5.69 Å². The summed E-state index contributed by atoms with van der Waals surface area (Å²) in [6.07, 6.45) is 2.07. The minimum atomic E-state index is -4.06. The number of ether oxygens (including phenoxy) is 1.